The van der Waals surface area contributed by atoms with E-state index in [9.17, 15) is 4.79 Å². The van der Waals surface area contributed by atoms with Gasteiger partial charge in [-0.05, 0) is 45.7 Å². The van der Waals surface area contributed by atoms with Crippen LogP contribution in [0.5, 0.6) is 0 Å². The predicted molar refractivity (Wildman–Crippen MR) is 93.8 cm³/mol. The number of carbonyl (C=O) groups excluding carboxylic acids is 1. The third-order valence-electron chi connectivity index (χ3n) is 4.18. The number of rotatable bonds is 3. The standard InChI is InChI=1S/C18H22ClN3O3/c1-18(2,3)17(23)25-22-10-8-12(9-11-22)16-20-15(21-24-16)13-6-4-5-7-14(13)19/h4-7,12H,8-11H2,1-3H3. The Bertz CT molecular complexity index is 746. The Morgan fingerprint density at radius 2 is 1.96 bits per heavy atom. The number of benzene rings is 1. The summed E-state index contributed by atoms with van der Waals surface area (Å²) in [6, 6.07) is 7.42. The summed E-state index contributed by atoms with van der Waals surface area (Å²) in [7, 11) is 0. The van der Waals surface area contributed by atoms with Gasteiger partial charge in [-0.1, -0.05) is 28.9 Å². The van der Waals surface area contributed by atoms with Crippen LogP contribution in [0.4, 0.5) is 0 Å². The Morgan fingerprint density at radius 3 is 2.60 bits per heavy atom. The number of piperidine rings is 1. The molecule has 1 aromatic heterocycles. The molecule has 2 heterocycles. The average Bonchev–Trinajstić information content (AvgIpc) is 3.05. The van der Waals surface area contributed by atoms with E-state index in [2.05, 4.69) is 10.1 Å². The fourth-order valence-corrected chi connectivity index (χ4v) is 2.82. The first kappa shape index (κ1) is 17.9. The van der Waals surface area contributed by atoms with Crippen LogP contribution in [0.2, 0.25) is 5.02 Å². The van der Waals surface area contributed by atoms with Gasteiger partial charge in [0, 0.05) is 24.6 Å². The summed E-state index contributed by atoms with van der Waals surface area (Å²) in [6.45, 7) is 6.83. The summed E-state index contributed by atoms with van der Waals surface area (Å²) >= 11 is 6.18. The zero-order valence-electron chi connectivity index (χ0n) is 14.7. The largest absolute Gasteiger partial charge is 0.367 e. The number of hydrogen-bond acceptors (Lipinski definition) is 6. The van der Waals surface area contributed by atoms with Crippen molar-refractivity contribution in [2.24, 2.45) is 5.41 Å². The van der Waals surface area contributed by atoms with Crippen molar-refractivity contribution in [3.05, 3.63) is 35.2 Å². The molecule has 134 valence electrons. The van der Waals surface area contributed by atoms with Crippen LogP contribution in [0, 0.1) is 5.41 Å². The van der Waals surface area contributed by atoms with Gasteiger partial charge >= 0.3 is 5.97 Å². The molecule has 0 unspecified atom stereocenters. The monoisotopic (exact) mass is 363 g/mol. The number of halogens is 1. The van der Waals surface area contributed by atoms with Gasteiger partial charge in [-0.15, -0.1) is 5.06 Å². The van der Waals surface area contributed by atoms with Crippen LogP contribution >= 0.6 is 11.6 Å². The highest BCUT2D eigenvalue weighted by Crippen LogP contribution is 2.31. The van der Waals surface area contributed by atoms with Gasteiger partial charge in [0.1, 0.15) is 0 Å². The van der Waals surface area contributed by atoms with Crippen molar-refractivity contribution < 1.29 is 14.2 Å². The minimum atomic E-state index is -0.507. The topological polar surface area (TPSA) is 68.5 Å². The fourth-order valence-electron chi connectivity index (χ4n) is 2.60. The van der Waals surface area contributed by atoms with Crippen molar-refractivity contribution >= 4 is 17.6 Å². The normalized spacial score (nSPS) is 16.8. The molecule has 2 aromatic rings. The minimum absolute atomic E-state index is 0.160. The van der Waals surface area contributed by atoms with E-state index in [1.54, 1.807) is 11.1 Å². The molecular weight excluding hydrogens is 342 g/mol. The Balaban J connectivity index is 1.61. The zero-order chi connectivity index (χ0) is 18.0. The minimum Gasteiger partial charge on any atom is -0.367 e. The molecule has 0 radical (unpaired) electrons. The Morgan fingerprint density at radius 1 is 1.28 bits per heavy atom. The molecule has 0 N–H and O–H groups in total. The lowest BCUT2D eigenvalue weighted by Gasteiger charge is -2.30. The summed E-state index contributed by atoms with van der Waals surface area (Å²) in [5.74, 6) is 1.05. The molecule has 0 bridgehead atoms. The maximum absolute atomic E-state index is 12.0. The van der Waals surface area contributed by atoms with Gasteiger partial charge in [-0.3, -0.25) is 0 Å². The second-order valence-electron chi connectivity index (χ2n) is 7.27. The van der Waals surface area contributed by atoms with Crippen LogP contribution in [0.1, 0.15) is 45.4 Å². The summed E-state index contributed by atoms with van der Waals surface area (Å²) in [5, 5.41) is 6.37. The second kappa shape index (κ2) is 7.14. The highest BCUT2D eigenvalue weighted by atomic mass is 35.5. The van der Waals surface area contributed by atoms with Gasteiger partial charge in [0.05, 0.1) is 10.4 Å². The third-order valence-corrected chi connectivity index (χ3v) is 4.51. The zero-order valence-corrected chi connectivity index (χ0v) is 15.4. The molecule has 1 aromatic carbocycles. The average molecular weight is 364 g/mol. The number of hydroxylamine groups is 2. The second-order valence-corrected chi connectivity index (χ2v) is 7.68. The first-order chi connectivity index (χ1) is 11.8. The molecule has 1 fully saturated rings. The van der Waals surface area contributed by atoms with Crippen molar-refractivity contribution in [2.75, 3.05) is 13.1 Å². The summed E-state index contributed by atoms with van der Waals surface area (Å²) in [5.41, 5.74) is 0.253. The molecule has 7 heteroatoms. The predicted octanol–water partition coefficient (Wildman–Crippen LogP) is 4.07. The van der Waals surface area contributed by atoms with E-state index < -0.39 is 5.41 Å². The van der Waals surface area contributed by atoms with E-state index in [0.29, 0.717) is 29.8 Å². The van der Waals surface area contributed by atoms with Crippen LogP contribution in [0.25, 0.3) is 11.4 Å². The lowest BCUT2D eigenvalue weighted by atomic mass is 9.97. The van der Waals surface area contributed by atoms with Crippen LogP contribution < -0.4 is 0 Å². The molecule has 3 rings (SSSR count). The smallest absolute Gasteiger partial charge is 0.330 e. The van der Waals surface area contributed by atoms with Gasteiger partial charge in [-0.25, -0.2) is 4.79 Å². The van der Waals surface area contributed by atoms with Crippen LogP contribution in [0.15, 0.2) is 28.8 Å². The molecule has 1 aliphatic rings. The van der Waals surface area contributed by atoms with Crippen molar-refractivity contribution in [1.29, 1.82) is 0 Å². The first-order valence-electron chi connectivity index (χ1n) is 8.40. The van der Waals surface area contributed by atoms with Crippen LogP contribution in [0.3, 0.4) is 0 Å². The summed E-state index contributed by atoms with van der Waals surface area (Å²) in [4.78, 5) is 21.9. The number of nitrogens with zero attached hydrogens (tertiary/aromatic N) is 3. The number of aromatic nitrogens is 2. The first-order valence-corrected chi connectivity index (χ1v) is 8.78. The molecule has 25 heavy (non-hydrogen) atoms. The van der Waals surface area contributed by atoms with Gasteiger partial charge in [-0.2, -0.15) is 4.98 Å². The maximum Gasteiger partial charge on any atom is 0.330 e. The van der Waals surface area contributed by atoms with Gasteiger partial charge in [0.25, 0.3) is 0 Å². The van der Waals surface area contributed by atoms with E-state index in [-0.39, 0.29) is 11.9 Å². The SMILES string of the molecule is CC(C)(C)C(=O)ON1CCC(c2nc(-c3ccccc3Cl)no2)CC1. The van der Waals surface area contributed by atoms with E-state index in [1.807, 2.05) is 39.0 Å². The van der Waals surface area contributed by atoms with Crippen molar-refractivity contribution in [2.45, 2.75) is 39.5 Å². The molecule has 6 nitrogen and oxygen atoms in total. The highest BCUT2D eigenvalue weighted by Gasteiger charge is 2.30. The molecule has 0 saturated carbocycles. The Kier molecular flexibility index (Phi) is 5.11. The quantitative estimate of drug-likeness (QED) is 0.818. The third kappa shape index (κ3) is 4.19. The molecule has 1 aliphatic heterocycles. The molecule has 0 aliphatic carbocycles. The van der Waals surface area contributed by atoms with Crippen molar-refractivity contribution in [3.63, 3.8) is 0 Å². The molecule has 0 amide bonds. The van der Waals surface area contributed by atoms with E-state index >= 15 is 0 Å². The number of carbonyl (C=O) groups is 1. The van der Waals surface area contributed by atoms with Gasteiger partial charge in [0.15, 0.2) is 0 Å². The fraction of sp³-hybridized carbons (Fsp3) is 0.500. The maximum atomic E-state index is 12.0. The Labute approximate surface area is 152 Å². The van der Waals surface area contributed by atoms with Crippen LogP contribution in [-0.2, 0) is 9.63 Å². The van der Waals surface area contributed by atoms with E-state index in [1.165, 1.54) is 0 Å². The van der Waals surface area contributed by atoms with Gasteiger partial charge < -0.3 is 9.36 Å². The number of hydrogen-bond donors (Lipinski definition) is 0. The Hall–Kier alpha value is -1.92. The molecule has 1 saturated heterocycles. The van der Waals surface area contributed by atoms with Crippen LogP contribution in [-0.4, -0.2) is 34.3 Å². The van der Waals surface area contributed by atoms with E-state index in [4.69, 9.17) is 21.0 Å². The van der Waals surface area contributed by atoms with Crippen molar-refractivity contribution in [3.8, 4) is 11.4 Å². The lowest BCUT2D eigenvalue weighted by molar-refractivity contribution is -0.204. The highest BCUT2D eigenvalue weighted by molar-refractivity contribution is 6.33. The summed E-state index contributed by atoms with van der Waals surface area (Å²) in [6.07, 6.45) is 1.59. The van der Waals surface area contributed by atoms with E-state index in [0.717, 1.165) is 18.4 Å². The molecule has 0 spiro atoms. The van der Waals surface area contributed by atoms with Gasteiger partial charge in [0.2, 0.25) is 11.7 Å². The molecular formula is C18H22ClN3O3. The molecule has 0 atom stereocenters. The lowest BCUT2D eigenvalue weighted by Crippen LogP contribution is -2.38. The van der Waals surface area contributed by atoms with Crippen molar-refractivity contribution in [1.82, 2.24) is 15.2 Å². The summed E-state index contributed by atoms with van der Waals surface area (Å²) < 4.78 is 5.44.